The molecule has 0 aliphatic heterocycles. The Labute approximate surface area is 95.7 Å². The third-order valence-corrected chi connectivity index (χ3v) is 2.37. The van der Waals surface area contributed by atoms with Gasteiger partial charge in [0.15, 0.2) is 5.84 Å². The van der Waals surface area contributed by atoms with Gasteiger partial charge in [-0.2, -0.15) is 0 Å². The molecule has 1 unspecified atom stereocenters. The highest BCUT2D eigenvalue weighted by molar-refractivity contribution is 5.84. The second-order valence-electron chi connectivity index (χ2n) is 3.53. The molecule has 88 valence electrons. The predicted octanol–water partition coefficient (Wildman–Crippen LogP) is 1.77. The SMILES string of the molecule is CCC(OCCc1ccccc1)C(N)=NO. The van der Waals surface area contributed by atoms with Crippen molar-refractivity contribution in [3.05, 3.63) is 35.9 Å². The Morgan fingerprint density at radius 3 is 2.69 bits per heavy atom. The standard InChI is InChI=1S/C12H18N2O2/c1-2-11(12(13)14-15)16-9-8-10-6-4-3-5-7-10/h3-7,11,15H,2,8-9H2,1H3,(H2,13,14). The summed E-state index contributed by atoms with van der Waals surface area (Å²) in [6.07, 6.45) is 1.23. The summed E-state index contributed by atoms with van der Waals surface area (Å²) in [6, 6.07) is 10.1. The van der Waals surface area contributed by atoms with Crippen LogP contribution in [0.25, 0.3) is 0 Å². The summed E-state index contributed by atoms with van der Waals surface area (Å²) >= 11 is 0. The van der Waals surface area contributed by atoms with Crippen LogP contribution in [0.5, 0.6) is 0 Å². The summed E-state index contributed by atoms with van der Waals surface area (Å²) in [5.74, 6) is 0.135. The molecule has 0 aliphatic carbocycles. The largest absolute Gasteiger partial charge is 0.409 e. The molecule has 0 amide bonds. The number of hydrogen-bond acceptors (Lipinski definition) is 3. The first-order chi connectivity index (χ1) is 7.77. The number of benzene rings is 1. The fourth-order valence-electron chi connectivity index (χ4n) is 1.44. The Hall–Kier alpha value is -1.55. The number of amidine groups is 1. The highest BCUT2D eigenvalue weighted by atomic mass is 16.5. The van der Waals surface area contributed by atoms with E-state index in [1.54, 1.807) is 0 Å². The predicted molar refractivity (Wildman–Crippen MR) is 63.6 cm³/mol. The van der Waals surface area contributed by atoms with Crippen molar-refractivity contribution in [1.82, 2.24) is 0 Å². The molecule has 0 saturated carbocycles. The van der Waals surface area contributed by atoms with E-state index in [1.165, 1.54) is 5.56 Å². The van der Waals surface area contributed by atoms with E-state index in [-0.39, 0.29) is 11.9 Å². The van der Waals surface area contributed by atoms with Gasteiger partial charge in [0.2, 0.25) is 0 Å². The molecule has 0 spiro atoms. The van der Waals surface area contributed by atoms with Gasteiger partial charge in [-0.05, 0) is 18.4 Å². The Balaban J connectivity index is 2.34. The topological polar surface area (TPSA) is 67.8 Å². The molecule has 1 aromatic carbocycles. The van der Waals surface area contributed by atoms with Crippen molar-refractivity contribution < 1.29 is 9.94 Å². The monoisotopic (exact) mass is 222 g/mol. The van der Waals surface area contributed by atoms with Gasteiger partial charge in [-0.15, -0.1) is 0 Å². The molecule has 0 aliphatic rings. The van der Waals surface area contributed by atoms with Crippen LogP contribution in [0.2, 0.25) is 0 Å². The van der Waals surface area contributed by atoms with E-state index >= 15 is 0 Å². The summed E-state index contributed by atoms with van der Waals surface area (Å²) in [5.41, 5.74) is 6.70. The molecule has 0 heterocycles. The lowest BCUT2D eigenvalue weighted by molar-refractivity contribution is 0.0943. The van der Waals surface area contributed by atoms with Crippen LogP contribution in [0.4, 0.5) is 0 Å². The fourth-order valence-corrected chi connectivity index (χ4v) is 1.44. The van der Waals surface area contributed by atoms with Gasteiger partial charge in [0.1, 0.15) is 6.10 Å². The van der Waals surface area contributed by atoms with Crippen molar-refractivity contribution in [3.8, 4) is 0 Å². The van der Waals surface area contributed by atoms with E-state index in [1.807, 2.05) is 37.3 Å². The summed E-state index contributed by atoms with van der Waals surface area (Å²) in [5, 5.41) is 11.5. The van der Waals surface area contributed by atoms with Crippen LogP contribution in [0.15, 0.2) is 35.5 Å². The first kappa shape index (κ1) is 12.5. The van der Waals surface area contributed by atoms with Crippen molar-refractivity contribution in [3.63, 3.8) is 0 Å². The number of oxime groups is 1. The van der Waals surface area contributed by atoms with Crippen LogP contribution in [0.1, 0.15) is 18.9 Å². The molecule has 0 aromatic heterocycles. The normalized spacial score (nSPS) is 13.7. The maximum Gasteiger partial charge on any atom is 0.168 e. The highest BCUT2D eigenvalue weighted by Gasteiger charge is 2.11. The van der Waals surface area contributed by atoms with Gasteiger partial charge in [-0.3, -0.25) is 0 Å². The van der Waals surface area contributed by atoms with Crippen molar-refractivity contribution in [1.29, 1.82) is 0 Å². The summed E-state index contributed by atoms with van der Waals surface area (Å²) in [4.78, 5) is 0. The van der Waals surface area contributed by atoms with Crippen molar-refractivity contribution >= 4 is 5.84 Å². The van der Waals surface area contributed by atoms with Crippen LogP contribution in [0, 0.1) is 0 Å². The van der Waals surface area contributed by atoms with Gasteiger partial charge in [-0.1, -0.05) is 42.4 Å². The van der Waals surface area contributed by atoms with Crippen LogP contribution >= 0.6 is 0 Å². The third-order valence-electron chi connectivity index (χ3n) is 2.37. The van der Waals surface area contributed by atoms with Crippen molar-refractivity contribution in [2.24, 2.45) is 10.9 Å². The van der Waals surface area contributed by atoms with Gasteiger partial charge in [0.25, 0.3) is 0 Å². The van der Waals surface area contributed by atoms with Crippen molar-refractivity contribution in [2.45, 2.75) is 25.9 Å². The number of hydrogen-bond donors (Lipinski definition) is 2. The van der Waals surface area contributed by atoms with Gasteiger partial charge < -0.3 is 15.7 Å². The zero-order chi connectivity index (χ0) is 11.8. The zero-order valence-electron chi connectivity index (χ0n) is 9.47. The second-order valence-corrected chi connectivity index (χ2v) is 3.53. The molecule has 0 fully saturated rings. The number of nitrogens with two attached hydrogens (primary N) is 1. The number of rotatable bonds is 6. The van der Waals surface area contributed by atoms with Crippen molar-refractivity contribution in [2.75, 3.05) is 6.61 Å². The molecule has 4 nitrogen and oxygen atoms in total. The van der Waals surface area contributed by atoms with E-state index in [9.17, 15) is 0 Å². The van der Waals surface area contributed by atoms with E-state index < -0.39 is 0 Å². The Morgan fingerprint density at radius 1 is 1.44 bits per heavy atom. The lowest BCUT2D eigenvalue weighted by atomic mass is 10.2. The minimum Gasteiger partial charge on any atom is -0.409 e. The minimum atomic E-state index is -0.297. The zero-order valence-corrected chi connectivity index (χ0v) is 9.47. The molecule has 1 aromatic rings. The Bertz CT molecular complexity index is 325. The molecular formula is C12H18N2O2. The van der Waals surface area contributed by atoms with Crippen LogP contribution in [0.3, 0.4) is 0 Å². The van der Waals surface area contributed by atoms with E-state index in [0.29, 0.717) is 13.0 Å². The van der Waals surface area contributed by atoms with Crippen LogP contribution in [-0.2, 0) is 11.2 Å². The molecule has 0 bridgehead atoms. The molecule has 16 heavy (non-hydrogen) atoms. The average molecular weight is 222 g/mol. The van der Waals surface area contributed by atoms with Crippen LogP contribution in [-0.4, -0.2) is 23.8 Å². The lowest BCUT2D eigenvalue weighted by Crippen LogP contribution is -2.31. The molecule has 3 N–H and O–H groups in total. The van der Waals surface area contributed by atoms with Crippen LogP contribution < -0.4 is 5.73 Å². The maximum atomic E-state index is 8.54. The van der Waals surface area contributed by atoms with Gasteiger partial charge >= 0.3 is 0 Å². The van der Waals surface area contributed by atoms with E-state index in [4.69, 9.17) is 15.7 Å². The maximum absolute atomic E-state index is 8.54. The third kappa shape index (κ3) is 3.90. The average Bonchev–Trinajstić information content (AvgIpc) is 2.35. The summed E-state index contributed by atoms with van der Waals surface area (Å²) in [7, 11) is 0. The highest BCUT2D eigenvalue weighted by Crippen LogP contribution is 2.03. The number of ether oxygens (including phenoxy) is 1. The Kier molecular flexibility index (Phi) is 5.36. The second kappa shape index (κ2) is 6.85. The van der Waals surface area contributed by atoms with Gasteiger partial charge in [0, 0.05) is 0 Å². The van der Waals surface area contributed by atoms with E-state index in [0.717, 1.165) is 6.42 Å². The molecule has 1 atom stereocenters. The first-order valence-corrected chi connectivity index (χ1v) is 5.40. The lowest BCUT2D eigenvalue weighted by Gasteiger charge is -2.14. The molecule has 0 saturated heterocycles. The fraction of sp³-hybridized carbons (Fsp3) is 0.417. The molecule has 4 heteroatoms. The molecule has 0 radical (unpaired) electrons. The van der Waals surface area contributed by atoms with Gasteiger partial charge in [0.05, 0.1) is 6.61 Å². The number of nitrogens with zero attached hydrogens (tertiary/aromatic N) is 1. The summed E-state index contributed by atoms with van der Waals surface area (Å²) < 4.78 is 5.53. The Morgan fingerprint density at radius 2 is 2.12 bits per heavy atom. The van der Waals surface area contributed by atoms with Gasteiger partial charge in [-0.25, -0.2) is 0 Å². The smallest absolute Gasteiger partial charge is 0.168 e. The molecule has 1 rings (SSSR count). The quantitative estimate of drug-likeness (QED) is 0.333. The molecular weight excluding hydrogens is 204 g/mol. The minimum absolute atomic E-state index is 0.135. The van der Waals surface area contributed by atoms with E-state index in [2.05, 4.69) is 5.16 Å². The summed E-state index contributed by atoms with van der Waals surface area (Å²) in [6.45, 7) is 2.50. The first-order valence-electron chi connectivity index (χ1n) is 5.40.